The Balaban J connectivity index is 2.17. The number of pyridine rings is 1. The van der Waals surface area contributed by atoms with Crippen LogP contribution in [0.15, 0.2) is 42.7 Å². The number of benzene rings is 1. The first-order valence-electron chi connectivity index (χ1n) is 5.50. The van der Waals surface area contributed by atoms with Crippen LogP contribution >= 0.6 is 0 Å². The number of aliphatic hydroxyl groups is 1. The van der Waals surface area contributed by atoms with Crippen molar-refractivity contribution in [3.8, 4) is 0 Å². The smallest absolute Gasteiger partial charge is 0.123 e. The third kappa shape index (κ3) is 2.88. The maximum atomic E-state index is 12.9. The number of hydrogen-bond acceptors (Lipinski definition) is 2. The Bertz CT molecular complexity index is 499. The molecular formula is C14H14FNO. The van der Waals surface area contributed by atoms with E-state index in [1.807, 2.05) is 12.1 Å². The number of aryl methyl sites for hydroxylation is 1. The summed E-state index contributed by atoms with van der Waals surface area (Å²) in [4.78, 5) is 3.92. The molecule has 17 heavy (non-hydrogen) atoms. The second-order valence-electron chi connectivity index (χ2n) is 4.08. The predicted molar refractivity (Wildman–Crippen MR) is 64.0 cm³/mol. The van der Waals surface area contributed by atoms with Crippen LogP contribution in [0, 0.1) is 12.7 Å². The number of rotatable bonds is 3. The Morgan fingerprint density at radius 2 is 1.94 bits per heavy atom. The number of halogens is 1. The van der Waals surface area contributed by atoms with Gasteiger partial charge in [-0.05, 0) is 47.9 Å². The van der Waals surface area contributed by atoms with Crippen LogP contribution in [0.1, 0.15) is 22.8 Å². The van der Waals surface area contributed by atoms with Gasteiger partial charge in [-0.1, -0.05) is 6.07 Å². The largest absolute Gasteiger partial charge is 0.388 e. The number of aromatic nitrogens is 1. The van der Waals surface area contributed by atoms with E-state index in [2.05, 4.69) is 4.98 Å². The van der Waals surface area contributed by atoms with Crippen LogP contribution < -0.4 is 0 Å². The van der Waals surface area contributed by atoms with Crippen molar-refractivity contribution in [2.45, 2.75) is 19.4 Å². The molecule has 0 aliphatic heterocycles. The zero-order valence-corrected chi connectivity index (χ0v) is 9.60. The second-order valence-corrected chi connectivity index (χ2v) is 4.08. The molecule has 0 radical (unpaired) electrons. The van der Waals surface area contributed by atoms with Crippen molar-refractivity contribution in [2.75, 3.05) is 0 Å². The van der Waals surface area contributed by atoms with E-state index in [-0.39, 0.29) is 5.82 Å². The minimum absolute atomic E-state index is 0.276. The first-order chi connectivity index (χ1) is 8.16. The Morgan fingerprint density at radius 3 is 2.59 bits per heavy atom. The monoisotopic (exact) mass is 231 g/mol. The summed E-state index contributed by atoms with van der Waals surface area (Å²) < 4.78 is 12.9. The molecule has 0 saturated carbocycles. The molecule has 0 saturated heterocycles. The molecule has 1 aromatic heterocycles. The van der Waals surface area contributed by atoms with Crippen LogP contribution in [0.25, 0.3) is 0 Å². The quantitative estimate of drug-likeness (QED) is 0.881. The van der Waals surface area contributed by atoms with E-state index in [0.717, 1.165) is 16.7 Å². The average molecular weight is 231 g/mol. The highest BCUT2D eigenvalue weighted by Crippen LogP contribution is 2.22. The standard InChI is InChI=1S/C14H14FNO/c1-10-8-12(15)2-3-13(10)14(17)9-11-4-6-16-7-5-11/h2-8,14,17H,9H2,1H3. The normalized spacial score (nSPS) is 12.4. The molecule has 2 rings (SSSR count). The fourth-order valence-electron chi connectivity index (χ4n) is 1.87. The number of hydrogen-bond donors (Lipinski definition) is 1. The third-order valence-corrected chi connectivity index (χ3v) is 2.77. The van der Waals surface area contributed by atoms with Crippen molar-refractivity contribution >= 4 is 0 Å². The summed E-state index contributed by atoms with van der Waals surface area (Å²) >= 11 is 0. The van der Waals surface area contributed by atoms with Crippen molar-refractivity contribution in [1.29, 1.82) is 0 Å². The molecular weight excluding hydrogens is 217 g/mol. The molecule has 1 N–H and O–H groups in total. The Morgan fingerprint density at radius 1 is 1.24 bits per heavy atom. The van der Waals surface area contributed by atoms with Gasteiger partial charge in [0, 0.05) is 18.8 Å². The van der Waals surface area contributed by atoms with Gasteiger partial charge in [-0.2, -0.15) is 0 Å². The fraction of sp³-hybridized carbons (Fsp3) is 0.214. The number of nitrogens with zero attached hydrogens (tertiary/aromatic N) is 1. The van der Waals surface area contributed by atoms with E-state index in [1.165, 1.54) is 12.1 Å². The molecule has 1 atom stereocenters. The predicted octanol–water partition coefficient (Wildman–Crippen LogP) is 2.81. The summed E-state index contributed by atoms with van der Waals surface area (Å²) in [7, 11) is 0. The van der Waals surface area contributed by atoms with E-state index >= 15 is 0 Å². The number of aliphatic hydroxyl groups excluding tert-OH is 1. The van der Waals surface area contributed by atoms with Crippen molar-refractivity contribution in [2.24, 2.45) is 0 Å². The third-order valence-electron chi connectivity index (χ3n) is 2.77. The lowest BCUT2D eigenvalue weighted by molar-refractivity contribution is 0.177. The van der Waals surface area contributed by atoms with Crippen molar-refractivity contribution in [1.82, 2.24) is 4.98 Å². The average Bonchev–Trinajstić information content (AvgIpc) is 2.30. The molecule has 2 aromatic rings. The van der Waals surface area contributed by atoms with Crippen LogP contribution in [0.2, 0.25) is 0 Å². The summed E-state index contributed by atoms with van der Waals surface area (Å²) in [6, 6.07) is 8.17. The molecule has 0 fully saturated rings. The minimum atomic E-state index is -0.613. The highest BCUT2D eigenvalue weighted by Gasteiger charge is 2.11. The molecule has 1 aromatic carbocycles. The van der Waals surface area contributed by atoms with Gasteiger partial charge in [0.2, 0.25) is 0 Å². The summed E-state index contributed by atoms with van der Waals surface area (Å²) in [5, 5.41) is 10.1. The zero-order chi connectivity index (χ0) is 12.3. The highest BCUT2D eigenvalue weighted by molar-refractivity contribution is 5.29. The topological polar surface area (TPSA) is 33.1 Å². The molecule has 88 valence electrons. The van der Waals surface area contributed by atoms with E-state index in [1.54, 1.807) is 25.4 Å². The molecule has 2 nitrogen and oxygen atoms in total. The SMILES string of the molecule is Cc1cc(F)ccc1C(O)Cc1ccncc1. The minimum Gasteiger partial charge on any atom is -0.388 e. The van der Waals surface area contributed by atoms with Gasteiger partial charge in [0.05, 0.1) is 6.10 Å². The molecule has 0 amide bonds. The molecule has 0 bridgehead atoms. The van der Waals surface area contributed by atoms with Crippen LogP contribution in [-0.4, -0.2) is 10.1 Å². The van der Waals surface area contributed by atoms with E-state index in [9.17, 15) is 9.50 Å². The lowest BCUT2D eigenvalue weighted by Crippen LogP contribution is -2.04. The zero-order valence-electron chi connectivity index (χ0n) is 9.60. The van der Waals surface area contributed by atoms with E-state index < -0.39 is 6.10 Å². The molecule has 0 spiro atoms. The lowest BCUT2D eigenvalue weighted by atomic mass is 9.98. The maximum absolute atomic E-state index is 12.9. The van der Waals surface area contributed by atoms with Crippen LogP contribution in [0.3, 0.4) is 0 Å². The van der Waals surface area contributed by atoms with Gasteiger partial charge < -0.3 is 5.11 Å². The Kier molecular flexibility index (Phi) is 3.49. The van der Waals surface area contributed by atoms with Gasteiger partial charge >= 0.3 is 0 Å². The van der Waals surface area contributed by atoms with E-state index in [4.69, 9.17) is 0 Å². The molecule has 0 aliphatic carbocycles. The first kappa shape index (κ1) is 11.7. The fourth-order valence-corrected chi connectivity index (χ4v) is 1.87. The maximum Gasteiger partial charge on any atom is 0.123 e. The first-order valence-corrected chi connectivity index (χ1v) is 5.50. The molecule has 1 unspecified atom stereocenters. The van der Waals surface area contributed by atoms with Gasteiger partial charge in [-0.15, -0.1) is 0 Å². The summed E-state index contributed by atoms with van der Waals surface area (Å²) in [5.41, 5.74) is 2.55. The highest BCUT2D eigenvalue weighted by atomic mass is 19.1. The van der Waals surface area contributed by atoms with Crippen LogP contribution in [-0.2, 0) is 6.42 Å². The second kappa shape index (κ2) is 5.06. The van der Waals surface area contributed by atoms with Gasteiger partial charge in [0.15, 0.2) is 0 Å². The molecule has 3 heteroatoms. The van der Waals surface area contributed by atoms with E-state index in [0.29, 0.717) is 6.42 Å². The van der Waals surface area contributed by atoms with Gasteiger partial charge in [-0.3, -0.25) is 4.98 Å². The van der Waals surface area contributed by atoms with Gasteiger partial charge in [0.1, 0.15) is 5.82 Å². The lowest BCUT2D eigenvalue weighted by Gasteiger charge is -2.13. The molecule has 0 aliphatic rings. The van der Waals surface area contributed by atoms with Gasteiger partial charge in [0.25, 0.3) is 0 Å². The van der Waals surface area contributed by atoms with Gasteiger partial charge in [-0.25, -0.2) is 4.39 Å². The van der Waals surface area contributed by atoms with Crippen LogP contribution in [0.4, 0.5) is 4.39 Å². The van der Waals surface area contributed by atoms with Crippen molar-refractivity contribution in [3.63, 3.8) is 0 Å². The Labute approximate surface area is 99.8 Å². The molecule has 1 heterocycles. The van der Waals surface area contributed by atoms with Crippen molar-refractivity contribution < 1.29 is 9.50 Å². The summed E-state index contributed by atoms with van der Waals surface area (Å²) in [6.45, 7) is 1.80. The van der Waals surface area contributed by atoms with Crippen LogP contribution in [0.5, 0.6) is 0 Å². The van der Waals surface area contributed by atoms with Crippen molar-refractivity contribution in [3.05, 3.63) is 65.2 Å². The summed E-state index contributed by atoms with van der Waals surface area (Å²) in [6.07, 6.45) is 3.28. The Hall–Kier alpha value is -1.74. The summed E-state index contributed by atoms with van der Waals surface area (Å²) in [5.74, 6) is -0.276.